The molecule has 4 rings (SSSR count). The molecule has 0 aliphatic heterocycles. The molecule has 0 unspecified atom stereocenters. The summed E-state index contributed by atoms with van der Waals surface area (Å²) in [5.41, 5.74) is 3.43. The highest BCUT2D eigenvalue weighted by atomic mass is 19.4. The molecule has 0 aromatic heterocycles. The molecule has 36 heavy (non-hydrogen) atoms. The van der Waals surface area contributed by atoms with Gasteiger partial charge >= 0.3 is 12.1 Å². The maximum absolute atomic E-state index is 13.5. The quantitative estimate of drug-likeness (QED) is 0.308. The Kier molecular flexibility index (Phi) is 7.88. The van der Waals surface area contributed by atoms with Crippen molar-refractivity contribution < 1.29 is 32.6 Å². The van der Waals surface area contributed by atoms with Crippen LogP contribution in [0.25, 0.3) is 0 Å². The number of ether oxygens (including phenoxy) is 1. The fraction of sp³-hybridized carbons (Fsp3) is 0.481. The monoisotopic (exact) mass is 504 g/mol. The van der Waals surface area contributed by atoms with Crippen molar-refractivity contribution in [1.29, 1.82) is 0 Å². The average Bonchev–Trinajstić information content (AvgIpc) is 3.57. The van der Waals surface area contributed by atoms with E-state index in [2.05, 4.69) is 16.1 Å². The molecule has 0 bridgehead atoms. The lowest BCUT2D eigenvalue weighted by Gasteiger charge is -2.24. The topological polar surface area (TPSA) is 71.4 Å². The standard InChI is InChI=1S/C27H31F3N2O4/c1-17(20-6-8-22-21(14-20)7-9-24(22)32(2)12-11-26(33)34)31-36-16-19-5-10-25(35-15-18-3-4-18)23(13-19)27(28,29)30/h5-6,8,10,13-14,18,24H,3-4,7,9,11-12,15-16H2,1-2H3,(H,33,34)/b31-17+/t24-/m1/s1. The van der Waals surface area contributed by atoms with Crippen LogP contribution in [0.15, 0.2) is 41.6 Å². The summed E-state index contributed by atoms with van der Waals surface area (Å²) in [5.74, 6) is -0.605. The van der Waals surface area contributed by atoms with Gasteiger partial charge in [-0.3, -0.25) is 9.69 Å². The van der Waals surface area contributed by atoms with Crippen LogP contribution in [0.5, 0.6) is 5.75 Å². The predicted octanol–water partition coefficient (Wildman–Crippen LogP) is 5.83. The van der Waals surface area contributed by atoms with Gasteiger partial charge in [0.1, 0.15) is 12.4 Å². The molecule has 2 aromatic carbocycles. The van der Waals surface area contributed by atoms with Crippen LogP contribution in [0, 0.1) is 5.92 Å². The van der Waals surface area contributed by atoms with Crippen LogP contribution in [0.4, 0.5) is 13.2 Å². The largest absolute Gasteiger partial charge is 0.493 e. The molecule has 1 fully saturated rings. The lowest BCUT2D eigenvalue weighted by atomic mass is 10.0. The molecule has 1 atom stereocenters. The number of alkyl halides is 3. The minimum Gasteiger partial charge on any atom is -0.493 e. The van der Waals surface area contributed by atoms with Gasteiger partial charge in [0.15, 0.2) is 0 Å². The van der Waals surface area contributed by atoms with Crippen molar-refractivity contribution in [3.05, 3.63) is 64.2 Å². The molecule has 1 N–H and O–H groups in total. The third-order valence-corrected chi connectivity index (χ3v) is 6.77. The molecule has 6 nitrogen and oxygen atoms in total. The van der Waals surface area contributed by atoms with Gasteiger partial charge in [0.25, 0.3) is 0 Å². The summed E-state index contributed by atoms with van der Waals surface area (Å²) in [6, 6.07) is 10.2. The van der Waals surface area contributed by atoms with E-state index in [1.807, 2.05) is 19.2 Å². The summed E-state index contributed by atoms with van der Waals surface area (Å²) >= 11 is 0. The number of carboxylic acids is 1. The summed E-state index contributed by atoms with van der Waals surface area (Å²) in [5, 5.41) is 13.1. The first-order valence-electron chi connectivity index (χ1n) is 12.2. The van der Waals surface area contributed by atoms with Crippen molar-refractivity contribution in [3.8, 4) is 5.75 Å². The van der Waals surface area contributed by atoms with E-state index in [1.165, 1.54) is 17.2 Å². The highest BCUT2D eigenvalue weighted by molar-refractivity contribution is 5.98. The lowest BCUT2D eigenvalue weighted by molar-refractivity contribution is -0.139. The molecule has 2 aromatic rings. The third kappa shape index (κ3) is 6.57. The van der Waals surface area contributed by atoms with Crippen molar-refractivity contribution in [2.24, 2.45) is 11.1 Å². The maximum atomic E-state index is 13.5. The molecule has 0 amide bonds. The maximum Gasteiger partial charge on any atom is 0.419 e. The van der Waals surface area contributed by atoms with Gasteiger partial charge in [0.2, 0.25) is 0 Å². The number of carbonyl (C=O) groups is 1. The zero-order chi connectivity index (χ0) is 25.9. The number of hydrogen-bond donors (Lipinski definition) is 1. The number of carboxylic acid groups (broad SMARTS) is 1. The van der Waals surface area contributed by atoms with Crippen LogP contribution in [0.3, 0.4) is 0 Å². The predicted molar refractivity (Wildman–Crippen MR) is 129 cm³/mol. The number of benzene rings is 2. The van der Waals surface area contributed by atoms with Gasteiger partial charge < -0.3 is 14.7 Å². The van der Waals surface area contributed by atoms with Gasteiger partial charge in [-0.1, -0.05) is 23.4 Å². The minimum absolute atomic E-state index is 0.0925. The molecule has 9 heteroatoms. The average molecular weight is 505 g/mol. The Hall–Kier alpha value is -3.07. The number of oxime groups is 1. The zero-order valence-corrected chi connectivity index (χ0v) is 20.5. The summed E-state index contributed by atoms with van der Waals surface area (Å²) in [7, 11) is 1.94. The molecule has 2 aliphatic carbocycles. The minimum atomic E-state index is -4.52. The molecule has 0 spiro atoms. The van der Waals surface area contributed by atoms with Crippen LogP contribution in [0.1, 0.15) is 66.5 Å². The number of rotatable bonds is 11. The van der Waals surface area contributed by atoms with Crippen LogP contribution in [0.2, 0.25) is 0 Å². The van der Waals surface area contributed by atoms with Crippen LogP contribution >= 0.6 is 0 Å². The molecule has 0 saturated heterocycles. The summed E-state index contributed by atoms with van der Waals surface area (Å²) in [6.45, 7) is 2.50. The first-order chi connectivity index (χ1) is 17.1. The smallest absolute Gasteiger partial charge is 0.419 e. The fourth-order valence-electron chi connectivity index (χ4n) is 4.47. The molecular weight excluding hydrogens is 473 g/mol. The van der Waals surface area contributed by atoms with Gasteiger partial charge in [-0.15, -0.1) is 0 Å². The molecular formula is C27H31F3N2O4. The van der Waals surface area contributed by atoms with Crippen molar-refractivity contribution >= 4 is 11.7 Å². The van der Waals surface area contributed by atoms with E-state index < -0.39 is 17.7 Å². The second-order valence-corrected chi connectivity index (χ2v) is 9.63. The second kappa shape index (κ2) is 10.9. The normalized spacial score (nSPS) is 17.8. The van der Waals surface area contributed by atoms with E-state index in [9.17, 15) is 18.0 Å². The van der Waals surface area contributed by atoms with E-state index in [0.29, 0.717) is 30.3 Å². The second-order valence-electron chi connectivity index (χ2n) is 9.63. The van der Waals surface area contributed by atoms with Crippen molar-refractivity contribution in [3.63, 3.8) is 0 Å². The first kappa shape index (κ1) is 26.0. The van der Waals surface area contributed by atoms with E-state index >= 15 is 0 Å². The van der Waals surface area contributed by atoms with Crippen LogP contribution < -0.4 is 4.74 Å². The van der Waals surface area contributed by atoms with Crippen LogP contribution in [-0.4, -0.2) is 41.9 Å². The Morgan fingerprint density at radius 3 is 2.64 bits per heavy atom. The van der Waals surface area contributed by atoms with E-state index in [4.69, 9.17) is 14.7 Å². The Bertz CT molecular complexity index is 1130. The van der Waals surface area contributed by atoms with Crippen molar-refractivity contribution in [2.75, 3.05) is 20.2 Å². The van der Waals surface area contributed by atoms with Gasteiger partial charge in [0, 0.05) is 12.6 Å². The Balaban J connectivity index is 1.38. The van der Waals surface area contributed by atoms with Crippen molar-refractivity contribution in [2.45, 2.75) is 57.9 Å². The Labute approximate surface area is 208 Å². The Morgan fingerprint density at radius 1 is 1.17 bits per heavy atom. The number of halogens is 3. The summed E-state index contributed by atoms with van der Waals surface area (Å²) in [4.78, 5) is 18.4. The zero-order valence-electron chi connectivity index (χ0n) is 20.5. The van der Waals surface area contributed by atoms with Crippen LogP contribution in [-0.2, 0) is 28.8 Å². The van der Waals surface area contributed by atoms with Gasteiger partial charge in [0.05, 0.1) is 24.3 Å². The number of aryl methyl sites for hydroxylation is 1. The molecule has 194 valence electrons. The number of aliphatic carboxylic acids is 1. The molecule has 0 radical (unpaired) electrons. The number of hydrogen-bond acceptors (Lipinski definition) is 5. The number of fused-ring (bicyclic) bond motifs is 1. The van der Waals surface area contributed by atoms with Gasteiger partial charge in [-0.25, -0.2) is 0 Å². The lowest BCUT2D eigenvalue weighted by Crippen LogP contribution is -2.25. The summed E-state index contributed by atoms with van der Waals surface area (Å²) in [6.07, 6.45) is -0.612. The van der Waals surface area contributed by atoms with Gasteiger partial charge in [-0.2, -0.15) is 13.2 Å². The van der Waals surface area contributed by atoms with E-state index in [-0.39, 0.29) is 24.8 Å². The fourth-order valence-corrected chi connectivity index (χ4v) is 4.47. The summed E-state index contributed by atoms with van der Waals surface area (Å²) < 4.78 is 46.0. The van der Waals surface area contributed by atoms with E-state index in [1.54, 1.807) is 13.0 Å². The SMILES string of the molecule is C/C(=N\OCc1ccc(OCC2CC2)c(C(F)(F)F)c1)c1ccc2c(c1)CC[C@H]2N(C)CCC(=O)O. The Morgan fingerprint density at radius 2 is 1.94 bits per heavy atom. The molecule has 1 saturated carbocycles. The van der Waals surface area contributed by atoms with E-state index in [0.717, 1.165) is 37.3 Å². The van der Waals surface area contributed by atoms with Crippen molar-refractivity contribution in [1.82, 2.24) is 4.90 Å². The van der Waals surface area contributed by atoms with Gasteiger partial charge in [-0.05, 0) is 86.0 Å². The molecule has 2 aliphatic rings. The number of nitrogens with zero attached hydrogens (tertiary/aromatic N) is 2. The highest BCUT2D eigenvalue weighted by Crippen LogP contribution is 2.39. The third-order valence-electron chi connectivity index (χ3n) is 6.77. The highest BCUT2D eigenvalue weighted by Gasteiger charge is 2.35. The first-order valence-corrected chi connectivity index (χ1v) is 12.2. The molecule has 0 heterocycles.